The fraction of sp³-hybridized carbons (Fsp3) is 0.188. The van der Waals surface area contributed by atoms with E-state index in [1.54, 1.807) is 10.9 Å². The molecule has 2 heterocycles. The number of anilines is 1. The number of amides is 1. The molecule has 0 atom stereocenters. The van der Waals surface area contributed by atoms with Gasteiger partial charge in [-0.25, -0.2) is 9.67 Å². The first-order valence-electron chi connectivity index (χ1n) is 6.72. The third kappa shape index (κ3) is 2.50. The molecule has 1 N–H and O–H groups in total. The summed E-state index contributed by atoms with van der Waals surface area (Å²) in [6, 6.07) is 10.1. The van der Waals surface area contributed by atoms with E-state index in [1.165, 1.54) is 12.5 Å². The van der Waals surface area contributed by atoms with E-state index in [9.17, 15) is 4.79 Å². The third-order valence-electron chi connectivity index (χ3n) is 3.29. The summed E-state index contributed by atoms with van der Waals surface area (Å²) in [4.78, 5) is 15.6. The van der Waals surface area contributed by atoms with Gasteiger partial charge in [-0.05, 0) is 19.1 Å². The molecule has 1 aromatic carbocycles. The Morgan fingerprint density at radius 1 is 1.29 bits per heavy atom. The van der Waals surface area contributed by atoms with Crippen molar-refractivity contribution in [3.63, 3.8) is 0 Å². The van der Waals surface area contributed by atoms with Crippen LogP contribution in [0.15, 0.2) is 36.5 Å². The van der Waals surface area contributed by atoms with E-state index in [1.807, 2.05) is 25.2 Å². The molecule has 0 fully saturated rings. The standard InChI is InChI=1S/C16H16N4O/c1-10-5-4-6-12(7-10)15-14-8-13(18-11(2)21)9-17-16(14)20(3)19-15/h4-9H,1-3H3,(H,18,21). The van der Waals surface area contributed by atoms with Crippen molar-refractivity contribution >= 4 is 22.6 Å². The van der Waals surface area contributed by atoms with Crippen LogP contribution in [0.4, 0.5) is 5.69 Å². The highest BCUT2D eigenvalue weighted by Crippen LogP contribution is 2.28. The van der Waals surface area contributed by atoms with E-state index in [4.69, 9.17) is 0 Å². The number of nitrogens with one attached hydrogen (secondary N) is 1. The van der Waals surface area contributed by atoms with Gasteiger partial charge in [-0.15, -0.1) is 0 Å². The van der Waals surface area contributed by atoms with E-state index in [0.29, 0.717) is 5.69 Å². The minimum absolute atomic E-state index is 0.114. The molecule has 3 rings (SSSR count). The summed E-state index contributed by atoms with van der Waals surface area (Å²) >= 11 is 0. The van der Waals surface area contributed by atoms with Gasteiger partial charge >= 0.3 is 0 Å². The number of aryl methyl sites for hydroxylation is 2. The minimum atomic E-state index is -0.114. The summed E-state index contributed by atoms with van der Waals surface area (Å²) in [5, 5.41) is 8.25. The normalized spacial score (nSPS) is 10.8. The summed E-state index contributed by atoms with van der Waals surface area (Å²) in [6.45, 7) is 3.53. The van der Waals surface area contributed by atoms with Crippen molar-refractivity contribution < 1.29 is 4.79 Å². The fourth-order valence-electron chi connectivity index (χ4n) is 2.42. The zero-order chi connectivity index (χ0) is 15.0. The quantitative estimate of drug-likeness (QED) is 0.785. The number of nitrogens with zero attached hydrogens (tertiary/aromatic N) is 3. The molecule has 0 unspecified atom stereocenters. The Kier molecular flexibility index (Phi) is 3.17. The van der Waals surface area contributed by atoms with Crippen LogP contribution in [-0.2, 0) is 11.8 Å². The van der Waals surface area contributed by atoms with Crippen molar-refractivity contribution in [2.24, 2.45) is 7.05 Å². The molecule has 5 heteroatoms. The number of carbonyl (C=O) groups excluding carboxylic acids is 1. The van der Waals surface area contributed by atoms with Crippen LogP contribution in [0.2, 0.25) is 0 Å². The van der Waals surface area contributed by atoms with Gasteiger partial charge in [-0.2, -0.15) is 5.10 Å². The van der Waals surface area contributed by atoms with E-state index >= 15 is 0 Å². The maximum absolute atomic E-state index is 11.2. The van der Waals surface area contributed by atoms with Crippen molar-refractivity contribution in [1.82, 2.24) is 14.8 Å². The van der Waals surface area contributed by atoms with Crippen molar-refractivity contribution in [3.05, 3.63) is 42.1 Å². The van der Waals surface area contributed by atoms with Crippen LogP contribution < -0.4 is 5.32 Å². The summed E-state index contributed by atoms with van der Waals surface area (Å²) in [5.41, 5.74) is 4.56. The molecule has 0 saturated heterocycles. The molecule has 5 nitrogen and oxygen atoms in total. The highest BCUT2D eigenvalue weighted by atomic mass is 16.1. The lowest BCUT2D eigenvalue weighted by atomic mass is 10.1. The van der Waals surface area contributed by atoms with Crippen LogP contribution in [0.1, 0.15) is 12.5 Å². The molecular formula is C16H16N4O. The largest absolute Gasteiger partial charge is 0.325 e. The van der Waals surface area contributed by atoms with Gasteiger partial charge < -0.3 is 5.32 Å². The molecule has 0 saturated carbocycles. The number of benzene rings is 1. The third-order valence-corrected chi connectivity index (χ3v) is 3.29. The van der Waals surface area contributed by atoms with Gasteiger partial charge in [0.15, 0.2) is 5.65 Å². The SMILES string of the molecule is CC(=O)Nc1cnc2c(c1)c(-c1cccc(C)c1)nn2C. The highest BCUT2D eigenvalue weighted by Gasteiger charge is 2.13. The second kappa shape index (κ2) is 5.01. The molecule has 0 spiro atoms. The Hall–Kier alpha value is -2.69. The number of pyridine rings is 1. The molecule has 0 aliphatic rings. The van der Waals surface area contributed by atoms with Crippen LogP contribution in [0, 0.1) is 6.92 Å². The lowest BCUT2D eigenvalue weighted by molar-refractivity contribution is -0.114. The van der Waals surface area contributed by atoms with Gasteiger partial charge in [-0.3, -0.25) is 4.79 Å². The molecule has 0 radical (unpaired) electrons. The van der Waals surface area contributed by atoms with Crippen molar-refractivity contribution in [2.45, 2.75) is 13.8 Å². The van der Waals surface area contributed by atoms with E-state index in [-0.39, 0.29) is 5.91 Å². The van der Waals surface area contributed by atoms with Crippen LogP contribution in [0.5, 0.6) is 0 Å². The molecular weight excluding hydrogens is 264 g/mol. The second-order valence-corrected chi connectivity index (χ2v) is 5.12. The molecule has 0 aliphatic heterocycles. The predicted octanol–water partition coefficient (Wildman–Crippen LogP) is 2.90. The van der Waals surface area contributed by atoms with Gasteiger partial charge in [0, 0.05) is 24.9 Å². The molecule has 1 amide bonds. The highest BCUT2D eigenvalue weighted by molar-refractivity contribution is 5.96. The van der Waals surface area contributed by atoms with Gasteiger partial charge in [0.05, 0.1) is 11.9 Å². The van der Waals surface area contributed by atoms with E-state index < -0.39 is 0 Å². The van der Waals surface area contributed by atoms with E-state index in [2.05, 4.69) is 34.5 Å². The van der Waals surface area contributed by atoms with Crippen LogP contribution >= 0.6 is 0 Å². The van der Waals surface area contributed by atoms with Gasteiger partial charge in [0.1, 0.15) is 5.69 Å². The maximum atomic E-state index is 11.2. The van der Waals surface area contributed by atoms with Gasteiger partial charge in [-0.1, -0.05) is 23.8 Å². The number of carbonyl (C=O) groups is 1. The Labute approximate surface area is 122 Å². The van der Waals surface area contributed by atoms with Gasteiger partial charge in [0.25, 0.3) is 0 Å². The topological polar surface area (TPSA) is 59.8 Å². The molecule has 0 aliphatic carbocycles. The number of hydrogen-bond donors (Lipinski definition) is 1. The average Bonchev–Trinajstić information content (AvgIpc) is 2.75. The monoisotopic (exact) mass is 280 g/mol. The minimum Gasteiger partial charge on any atom is -0.325 e. The average molecular weight is 280 g/mol. The molecule has 3 aromatic rings. The Balaban J connectivity index is 2.20. The maximum Gasteiger partial charge on any atom is 0.221 e. The van der Waals surface area contributed by atoms with Crippen LogP contribution in [0.3, 0.4) is 0 Å². The second-order valence-electron chi connectivity index (χ2n) is 5.12. The van der Waals surface area contributed by atoms with Gasteiger partial charge in [0.2, 0.25) is 5.91 Å². The first-order chi connectivity index (χ1) is 10.0. The van der Waals surface area contributed by atoms with Crippen LogP contribution in [0.25, 0.3) is 22.3 Å². The number of fused-ring (bicyclic) bond motifs is 1. The summed E-state index contributed by atoms with van der Waals surface area (Å²) < 4.78 is 1.75. The summed E-state index contributed by atoms with van der Waals surface area (Å²) in [7, 11) is 1.87. The molecule has 21 heavy (non-hydrogen) atoms. The lowest BCUT2D eigenvalue weighted by Gasteiger charge is -2.03. The lowest BCUT2D eigenvalue weighted by Crippen LogP contribution is -2.05. The summed E-state index contributed by atoms with van der Waals surface area (Å²) in [5.74, 6) is -0.114. The molecule has 106 valence electrons. The smallest absolute Gasteiger partial charge is 0.221 e. The van der Waals surface area contributed by atoms with E-state index in [0.717, 1.165) is 22.3 Å². The zero-order valence-corrected chi connectivity index (χ0v) is 12.2. The Morgan fingerprint density at radius 2 is 2.10 bits per heavy atom. The Morgan fingerprint density at radius 3 is 2.81 bits per heavy atom. The first-order valence-corrected chi connectivity index (χ1v) is 6.72. The van der Waals surface area contributed by atoms with Crippen molar-refractivity contribution in [3.8, 4) is 11.3 Å². The Bertz CT molecular complexity index is 835. The fourth-order valence-corrected chi connectivity index (χ4v) is 2.42. The number of hydrogen-bond acceptors (Lipinski definition) is 3. The molecule has 2 aromatic heterocycles. The number of aromatic nitrogens is 3. The predicted molar refractivity (Wildman–Crippen MR) is 83.0 cm³/mol. The molecule has 0 bridgehead atoms. The van der Waals surface area contributed by atoms with Crippen molar-refractivity contribution in [2.75, 3.05) is 5.32 Å². The summed E-state index contributed by atoms with van der Waals surface area (Å²) in [6.07, 6.45) is 1.64. The zero-order valence-electron chi connectivity index (χ0n) is 12.2. The van der Waals surface area contributed by atoms with Crippen LogP contribution in [-0.4, -0.2) is 20.7 Å². The van der Waals surface area contributed by atoms with Crippen molar-refractivity contribution in [1.29, 1.82) is 0 Å². The first kappa shape index (κ1) is 13.3. The number of rotatable bonds is 2.